The second kappa shape index (κ2) is 7.08. The molecule has 2 atom stereocenters. The summed E-state index contributed by atoms with van der Waals surface area (Å²) < 4.78 is 0. The lowest BCUT2D eigenvalue weighted by Gasteiger charge is -2.40. The van der Waals surface area contributed by atoms with Crippen molar-refractivity contribution in [2.75, 3.05) is 11.1 Å². The normalized spacial score (nSPS) is 22.7. The molecular weight excluding hydrogens is 394 g/mol. The zero-order chi connectivity index (χ0) is 20.1. The van der Waals surface area contributed by atoms with Gasteiger partial charge in [-0.3, -0.25) is 9.59 Å². The van der Waals surface area contributed by atoms with E-state index in [2.05, 4.69) is 21.4 Å². The van der Waals surface area contributed by atoms with Crippen LogP contribution in [-0.4, -0.2) is 21.5 Å². The Labute approximate surface area is 173 Å². The summed E-state index contributed by atoms with van der Waals surface area (Å²) in [5, 5.41) is 4.50. The number of hydrogen-bond acceptors (Lipinski definition) is 5. The van der Waals surface area contributed by atoms with Crippen molar-refractivity contribution in [1.82, 2.24) is 9.97 Å². The largest absolute Gasteiger partial charge is 0.343 e. The topological polar surface area (TPSA) is 74.8 Å². The van der Waals surface area contributed by atoms with Gasteiger partial charge in [0, 0.05) is 23.1 Å². The van der Waals surface area contributed by atoms with Crippen LogP contribution in [0.25, 0.3) is 0 Å². The number of rotatable bonds is 3. The summed E-state index contributed by atoms with van der Waals surface area (Å²) in [7, 11) is 0. The molecule has 7 heteroatoms. The number of aromatic nitrogens is 2. The van der Waals surface area contributed by atoms with E-state index in [1.807, 2.05) is 32.9 Å². The molecule has 0 saturated heterocycles. The number of halogens is 1. The first kappa shape index (κ1) is 19.3. The van der Waals surface area contributed by atoms with E-state index in [-0.39, 0.29) is 22.7 Å². The lowest BCUT2D eigenvalue weighted by molar-refractivity contribution is -0.124. The number of aromatic amines is 1. The highest BCUT2D eigenvalue weighted by Gasteiger charge is 2.45. The van der Waals surface area contributed by atoms with Gasteiger partial charge in [-0.15, -0.1) is 0 Å². The predicted molar refractivity (Wildman–Crippen MR) is 113 cm³/mol. The van der Waals surface area contributed by atoms with Crippen LogP contribution in [0.5, 0.6) is 0 Å². The lowest BCUT2D eigenvalue weighted by atomic mass is 9.67. The standard InChI is InChI=1S/C21H22ClN3O2S/c1-4-28-20-24-18-17(19(27)25-20)15(11-5-7-12(22)8-6-11)16-13(23-18)9-21(2,3)10-14(16)26/h5-9,15-16H,4,10H2,1-3H3,(H2,23,24,25,27)/t15-,16-/m1/s1. The maximum Gasteiger partial charge on any atom is 0.257 e. The number of H-pyrrole nitrogens is 1. The van der Waals surface area contributed by atoms with Gasteiger partial charge in [0.05, 0.1) is 11.5 Å². The van der Waals surface area contributed by atoms with Crippen LogP contribution in [-0.2, 0) is 4.79 Å². The van der Waals surface area contributed by atoms with Gasteiger partial charge in [0.2, 0.25) is 0 Å². The quantitative estimate of drug-likeness (QED) is 0.566. The van der Waals surface area contributed by atoms with E-state index < -0.39 is 5.92 Å². The SMILES string of the molecule is CCSc1nc2c(c(=O)[nH]1)[C@H](c1ccc(Cl)cc1)[C@H]1C(=O)CC(C)(C)C=C1N2. The second-order valence-corrected chi connectivity index (χ2v) is 9.62. The highest BCUT2D eigenvalue weighted by molar-refractivity contribution is 7.99. The van der Waals surface area contributed by atoms with Gasteiger partial charge in [-0.05, 0) is 28.9 Å². The first-order valence-electron chi connectivity index (χ1n) is 9.34. The molecule has 0 unspecified atom stereocenters. The average Bonchev–Trinajstić information content (AvgIpc) is 2.60. The van der Waals surface area contributed by atoms with Crippen molar-refractivity contribution in [1.29, 1.82) is 0 Å². The van der Waals surface area contributed by atoms with Crippen LogP contribution in [0.2, 0.25) is 5.02 Å². The van der Waals surface area contributed by atoms with Gasteiger partial charge in [-0.25, -0.2) is 4.98 Å². The van der Waals surface area contributed by atoms with Crippen molar-refractivity contribution in [2.24, 2.45) is 11.3 Å². The molecule has 0 radical (unpaired) electrons. The molecule has 0 bridgehead atoms. The number of thioether (sulfide) groups is 1. The molecule has 1 aliphatic heterocycles. The molecule has 28 heavy (non-hydrogen) atoms. The Morgan fingerprint density at radius 2 is 1.93 bits per heavy atom. The number of fused-ring (bicyclic) bond motifs is 2. The average molecular weight is 416 g/mol. The van der Waals surface area contributed by atoms with Crippen LogP contribution >= 0.6 is 23.4 Å². The Morgan fingerprint density at radius 1 is 1.21 bits per heavy atom. The minimum atomic E-state index is -0.422. The summed E-state index contributed by atoms with van der Waals surface area (Å²) in [5.41, 5.74) is 1.79. The molecular formula is C21H22ClN3O2S. The molecule has 2 N–H and O–H groups in total. The Morgan fingerprint density at radius 3 is 2.61 bits per heavy atom. The molecule has 0 spiro atoms. The molecule has 2 heterocycles. The third-order valence-corrected chi connectivity index (χ3v) is 6.22. The van der Waals surface area contributed by atoms with Crippen molar-refractivity contribution in [2.45, 2.75) is 38.3 Å². The number of Topliss-reactive ketones (excluding diaryl/α,β-unsaturated/α-hetero) is 1. The Kier molecular flexibility index (Phi) is 4.88. The van der Waals surface area contributed by atoms with Crippen LogP contribution in [0.15, 0.2) is 46.0 Å². The van der Waals surface area contributed by atoms with E-state index in [0.29, 0.717) is 28.0 Å². The van der Waals surface area contributed by atoms with Crippen LogP contribution < -0.4 is 10.9 Å². The third-order valence-electron chi connectivity index (χ3n) is 5.21. The van der Waals surface area contributed by atoms with E-state index in [9.17, 15) is 9.59 Å². The minimum Gasteiger partial charge on any atom is -0.343 e. The number of benzene rings is 1. The molecule has 146 valence electrons. The van der Waals surface area contributed by atoms with Gasteiger partial charge < -0.3 is 10.3 Å². The minimum absolute atomic E-state index is 0.131. The fraction of sp³-hybridized carbons (Fsp3) is 0.381. The number of ketones is 1. The lowest BCUT2D eigenvalue weighted by Crippen LogP contribution is -2.41. The molecule has 0 fully saturated rings. The number of nitrogens with zero attached hydrogens (tertiary/aromatic N) is 1. The molecule has 2 aliphatic rings. The summed E-state index contributed by atoms with van der Waals surface area (Å²) in [4.78, 5) is 33.7. The van der Waals surface area contributed by atoms with Crippen molar-refractivity contribution in [3.05, 3.63) is 62.5 Å². The molecule has 2 aromatic rings. The summed E-state index contributed by atoms with van der Waals surface area (Å²) in [6.45, 7) is 6.10. The molecule has 0 saturated carbocycles. The van der Waals surface area contributed by atoms with Crippen LogP contribution in [0.3, 0.4) is 0 Å². The van der Waals surface area contributed by atoms with Gasteiger partial charge >= 0.3 is 0 Å². The van der Waals surface area contributed by atoms with E-state index in [4.69, 9.17) is 11.6 Å². The molecule has 1 aromatic carbocycles. The maximum atomic E-state index is 13.1. The number of nitrogens with one attached hydrogen (secondary N) is 2. The highest BCUT2D eigenvalue weighted by atomic mass is 35.5. The Hall–Kier alpha value is -2.05. The van der Waals surface area contributed by atoms with Gasteiger partial charge in [0.1, 0.15) is 11.6 Å². The zero-order valence-corrected chi connectivity index (χ0v) is 17.6. The van der Waals surface area contributed by atoms with E-state index in [1.165, 1.54) is 11.8 Å². The van der Waals surface area contributed by atoms with Crippen molar-refractivity contribution >= 4 is 35.0 Å². The predicted octanol–water partition coefficient (Wildman–Crippen LogP) is 4.59. The first-order valence-corrected chi connectivity index (χ1v) is 10.7. The summed E-state index contributed by atoms with van der Waals surface area (Å²) in [6, 6.07) is 7.37. The first-order chi connectivity index (χ1) is 13.3. The second-order valence-electron chi connectivity index (χ2n) is 7.93. The van der Waals surface area contributed by atoms with Gasteiger partial charge in [0.25, 0.3) is 5.56 Å². The summed E-state index contributed by atoms with van der Waals surface area (Å²) in [6.07, 6.45) is 2.55. The third kappa shape index (κ3) is 3.40. The van der Waals surface area contributed by atoms with Gasteiger partial charge in [-0.1, -0.05) is 62.3 Å². The number of carbonyl (C=O) groups excluding carboxylic acids is 1. The van der Waals surface area contributed by atoms with Crippen molar-refractivity contribution < 1.29 is 4.79 Å². The van der Waals surface area contributed by atoms with Crippen LogP contribution in [0.1, 0.15) is 44.2 Å². The summed E-state index contributed by atoms with van der Waals surface area (Å²) >= 11 is 7.55. The van der Waals surface area contributed by atoms with Crippen LogP contribution in [0.4, 0.5) is 5.82 Å². The Balaban J connectivity index is 1.95. The number of hydrogen-bond donors (Lipinski definition) is 2. The fourth-order valence-electron chi connectivity index (χ4n) is 4.16. The number of anilines is 1. The van der Waals surface area contributed by atoms with E-state index in [1.54, 1.807) is 12.1 Å². The highest BCUT2D eigenvalue weighted by Crippen LogP contribution is 2.47. The fourth-order valence-corrected chi connectivity index (χ4v) is 4.88. The smallest absolute Gasteiger partial charge is 0.257 e. The zero-order valence-electron chi connectivity index (χ0n) is 16.0. The van der Waals surface area contributed by atoms with Crippen molar-refractivity contribution in [3.8, 4) is 0 Å². The molecule has 5 nitrogen and oxygen atoms in total. The maximum absolute atomic E-state index is 13.1. The Bertz CT molecular complexity index is 1030. The van der Waals surface area contributed by atoms with E-state index >= 15 is 0 Å². The number of carbonyl (C=O) groups is 1. The molecule has 0 amide bonds. The summed E-state index contributed by atoms with van der Waals surface area (Å²) in [5.74, 6) is 0.661. The number of allylic oxidation sites excluding steroid dienone is 2. The van der Waals surface area contributed by atoms with Gasteiger partial charge in [0.15, 0.2) is 5.16 Å². The van der Waals surface area contributed by atoms with E-state index in [0.717, 1.165) is 17.0 Å². The molecule has 1 aliphatic carbocycles. The van der Waals surface area contributed by atoms with Crippen molar-refractivity contribution in [3.63, 3.8) is 0 Å². The molecule has 4 rings (SSSR count). The monoisotopic (exact) mass is 415 g/mol. The van der Waals surface area contributed by atoms with Crippen LogP contribution in [0, 0.1) is 11.3 Å². The van der Waals surface area contributed by atoms with Gasteiger partial charge in [-0.2, -0.15) is 0 Å². The molecule has 1 aromatic heterocycles.